The second kappa shape index (κ2) is 12.8. The largest absolute Gasteiger partial charge is 0.508 e. The molecule has 0 radical (unpaired) electrons. The highest BCUT2D eigenvalue weighted by molar-refractivity contribution is 7.99. The van der Waals surface area contributed by atoms with Crippen LogP contribution in [0.3, 0.4) is 0 Å². The van der Waals surface area contributed by atoms with Crippen LogP contribution in [0.15, 0.2) is 82.6 Å². The summed E-state index contributed by atoms with van der Waals surface area (Å²) in [6.45, 7) is 22.0. The van der Waals surface area contributed by atoms with Gasteiger partial charge >= 0.3 is 0 Å². The zero-order chi connectivity index (χ0) is 28.9. The number of aromatic hydroxyl groups is 1. The fourth-order valence-electron chi connectivity index (χ4n) is 4.93. The molecule has 0 atom stereocenters. The summed E-state index contributed by atoms with van der Waals surface area (Å²) in [6.07, 6.45) is 0. The van der Waals surface area contributed by atoms with Crippen LogP contribution in [-0.2, 0) is 5.41 Å². The Balaban J connectivity index is 0.000000983. The Hall–Kier alpha value is -3.17. The maximum absolute atomic E-state index is 9.46. The van der Waals surface area contributed by atoms with Crippen molar-refractivity contribution in [2.45, 2.75) is 84.4 Å². The molecule has 0 fully saturated rings. The van der Waals surface area contributed by atoms with Gasteiger partial charge in [-0.3, -0.25) is 0 Å². The highest BCUT2D eigenvalue weighted by atomic mass is 32.2. The SMILES string of the molecule is CC(C)C.Cc1cc(-c2cc(C)c(C(C)(C)C)c(C)c2)cc(C)c1Oc1ccc(Sc2ccc(O)cc2)cc1. The molecule has 0 aliphatic rings. The molecule has 39 heavy (non-hydrogen) atoms. The third-order valence-corrected chi connectivity index (χ3v) is 7.21. The first-order chi connectivity index (χ1) is 18.2. The van der Waals surface area contributed by atoms with Gasteiger partial charge in [-0.2, -0.15) is 0 Å². The van der Waals surface area contributed by atoms with Crippen molar-refractivity contribution >= 4 is 11.8 Å². The summed E-state index contributed by atoms with van der Waals surface area (Å²) < 4.78 is 6.32. The number of phenolic OH excluding ortho intramolecular Hbond substituents is 1. The Kier molecular flexibility index (Phi) is 9.96. The van der Waals surface area contributed by atoms with E-state index in [0.29, 0.717) is 0 Å². The van der Waals surface area contributed by atoms with Crippen molar-refractivity contribution in [3.8, 4) is 28.4 Å². The van der Waals surface area contributed by atoms with E-state index in [1.807, 2.05) is 24.3 Å². The van der Waals surface area contributed by atoms with Gasteiger partial charge in [0.25, 0.3) is 0 Å². The van der Waals surface area contributed by atoms with E-state index in [1.165, 1.54) is 27.8 Å². The highest BCUT2D eigenvalue weighted by Gasteiger charge is 2.20. The lowest BCUT2D eigenvalue weighted by atomic mass is 9.80. The first-order valence-corrected chi connectivity index (χ1v) is 14.5. The molecule has 0 bridgehead atoms. The van der Waals surface area contributed by atoms with E-state index in [1.54, 1.807) is 23.9 Å². The molecule has 4 aromatic carbocycles. The zero-order valence-corrected chi connectivity index (χ0v) is 26.1. The lowest BCUT2D eigenvalue weighted by Gasteiger charge is -2.25. The van der Waals surface area contributed by atoms with Crippen LogP contribution in [0, 0.1) is 33.6 Å². The van der Waals surface area contributed by atoms with Gasteiger partial charge in [0.1, 0.15) is 17.2 Å². The van der Waals surface area contributed by atoms with Crippen molar-refractivity contribution in [2.24, 2.45) is 5.92 Å². The third kappa shape index (κ3) is 8.41. The van der Waals surface area contributed by atoms with Crippen LogP contribution in [-0.4, -0.2) is 5.11 Å². The van der Waals surface area contributed by atoms with Crippen molar-refractivity contribution in [1.29, 1.82) is 0 Å². The maximum atomic E-state index is 9.46. The molecule has 0 amide bonds. The number of aryl methyl sites for hydroxylation is 4. The smallest absolute Gasteiger partial charge is 0.133 e. The topological polar surface area (TPSA) is 29.5 Å². The van der Waals surface area contributed by atoms with Gasteiger partial charge in [0.2, 0.25) is 0 Å². The fourth-order valence-corrected chi connectivity index (χ4v) is 5.75. The van der Waals surface area contributed by atoms with E-state index < -0.39 is 0 Å². The number of hydrogen-bond acceptors (Lipinski definition) is 3. The summed E-state index contributed by atoms with van der Waals surface area (Å²) in [7, 11) is 0. The fraction of sp³-hybridized carbons (Fsp3) is 0.333. The average molecular weight is 541 g/mol. The minimum absolute atomic E-state index is 0.133. The van der Waals surface area contributed by atoms with E-state index >= 15 is 0 Å². The van der Waals surface area contributed by atoms with Crippen molar-refractivity contribution in [2.75, 3.05) is 0 Å². The maximum Gasteiger partial charge on any atom is 0.133 e. The zero-order valence-electron chi connectivity index (χ0n) is 25.3. The molecule has 4 rings (SSSR count). The highest BCUT2D eigenvalue weighted by Crippen LogP contribution is 2.37. The van der Waals surface area contributed by atoms with E-state index in [4.69, 9.17) is 4.74 Å². The van der Waals surface area contributed by atoms with Crippen molar-refractivity contribution in [3.63, 3.8) is 0 Å². The molecule has 1 N–H and O–H groups in total. The van der Waals surface area contributed by atoms with Gasteiger partial charge in [0.15, 0.2) is 0 Å². The molecular weight excluding hydrogens is 496 g/mol. The second-order valence-corrected chi connectivity index (χ2v) is 13.2. The molecular formula is C36H44O2S. The van der Waals surface area contributed by atoms with Crippen LogP contribution in [0.4, 0.5) is 0 Å². The lowest BCUT2D eigenvalue weighted by Crippen LogP contribution is -2.15. The monoisotopic (exact) mass is 540 g/mol. The molecule has 206 valence electrons. The Morgan fingerprint density at radius 2 is 1.03 bits per heavy atom. The molecule has 0 unspecified atom stereocenters. The van der Waals surface area contributed by atoms with Gasteiger partial charge in [-0.1, -0.05) is 65.4 Å². The molecule has 3 heteroatoms. The number of hydrogen-bond donors (Lipinski definition) is 1. The van der Waals surface area contributed by atoms with Crippen molar-refractivity contribution < 1.29 is 9.84 Å². The van der Waals surface area contributed by atoms with Crippen molar-refractivity contribution in [3.05, 3.63) is 101 Å². The van der Waals surface area contributed by atoms with Gasteiger partial charge in [0.05, 0.1) is 0 Å². The minimum Gasteiger partial charge on any atom is -0.508 e. The molecule has 0 saturated heterocycles. The Labute approximate surface area is 240 Å². The molecule has 2 nitrogen and oxygen atoms in total. The lowest BCUT2D eigenvalue weighted by molar-refractivity contribution is 0.474. The number of rotatable bonds is 5. The van der Waals surface area contributed by atoms with Gasteiger partial charge in [0, 0.05) is 9.79 Å². The average Bonchev–Trinajstić information content (AvgIpc) is 2.82. The van der Waals surface area contributed by atoms with E-state index in [0.717, 1.165) is 38.3 Å². The van der Waals surface area contributed by atoms with Crippen LogP contribution in [0.1, 0.15) is 69.4 Å². The van der Waals surface area contributed by atoms with Crippen LogP contribution in [0.2, 0.25) is 0 Å². The minimum atomic E-state index is 0.133. The molecule has 0 aliphatic heterocycles. The van der Waals surface area contributed by atoms with Gasteiger partial charge in [-0.25, -0.2) is 0 Å². The van der Waals surface area contributed by atoms with E-state index in [-0.39, 0.29) is 11.2 Å². The second-order valence-electron chi connectivity index (χ2n) is 12.1. The van der Waals surface area contributed by atoms with Gasteiger partial charge in [-0.15, -0.1) is 0 Å². The third-order valence-electron chi connectivity index (χ3n) is 6.19. The molecule has 4 aromatic rings. The molecule has 0 saturated carbocycles. The summed E-state index contributed by atoms with van der Waals surface area (Å²) in [5.41, 5.74) is 8.97. The molecule has 0 spiro atoms. The normalized spacial score (nSPS) is 11.3. The van der Waals surface area contributed by atoms with Crippen LogP contribution in [0.5, 0.6) is 17.2 Å². The predicted octanol–water partition coefficient (Wildman–Crippen LogP) is 11.2. The predicted molar refractivity (Wildman–Crippen MR) is 169 cm³/mol. The van der Waals surface area contributed by atoms with E-state index in [9.17, 15) is 5.11 Å². The number of phenols is 1. The Morgan fingerprint density at radius 3 is 1.44 bits per heavy atom. The summed E-state index contributed by atoms with van der Waals surface area (Å²) in [4.78, 5) is 2.20. The van der Waals surface area contributed by atoms with Gasteiger partial charge in [-0.05, 0) is 139 Å². The van der Waals surface area contributed by atoms with Gasteiger partial charge < -0.3 is 9.84 Å². The Bertz CT molecular complexity index is 1340. The summed E-state index contributed by atoms with van der Waals surface area (Å²) in [5.74, 6) is 2.84. The van der Waals surface area contributed by atoms with Crippen LogP contribution in [0.25, 0.3) is 11.1 Å². The number of benzene rings is 4. The van der Waals surface area contributed by atoms with Crippen LogP contribution < -0.4 is 4.74 Å². The molecule has 0 aromatic heterocycles. The first kappa shape index (κ1) is 30.4. The summed E-state index contributed by atoms with van der Waals surface area (Å²) in [5, 5.41) is 9.46. The summed E-state index contributed by atoms with van der Waals surface area (Å²) >= 11 is 1.66. The first-order valence-electron chi connectivity index (χ1n) is 13.7. The standard InChI is InChI=1S/C32H34O2S.C4H10/c1-20-16-24(17-21(2)30(20)32(5,6)7)25-18-22(3)31(23(4)19-25)34-27-10-14-29(15-11-27)35-28-12-8-26(33)9-13-28;1-4(2)3/h8-19,33H,1-7H3;4H,1-3H3. The Morgan fingerprint density at radius 1 is 0.641 bits per heavy atom. The summed E-state index contributed by atoms with van der Waals surface area (Å²) in [6, 6.07) is 24.5. The molecule has 0 aliphatic carbocycles. The quantitative estimate of drug-likeness (QED) is 0.273. The van der Waals surface area contributed by atoms with E-state index in [2.05, 4.69) is 106 Å². The van der Waals surface area contributed by atoms with Crippen molar-refractivity contribution in [1.82, 2.24) is 0 Å². The number of ether oxygens (including phenoxy) is 1. The molecule has 0 heterocycles. The van der Waals surface area contributed by atoms with Crippen LogP contribution >= 0.6 is 11.8 Å².